The van der Waals surface area contributed by atoms with Crippen molar-refractivity contribution in [1.82, 2.24) is 20.4 Å². The van der Waals surface area contributed by atoms with Crippen molar-refractivity contribution in [1.29, 1.82) is 0 Å². The van der Waals surface area contributed by atoms with Crippen LogP contribution in [-0.2, 0) is 13.0 Å². The van der Waals surface area contributed by atoms with E-state index >= 15 is 0 Å². The Balaban J connectivity index is 0.00000261. The molecule has 3 rings (SSSR count). The molecule has 3 N–H and O–H groups in total. The summed E-state index contributed by atoms with van der Waals surface area (Å²) in [6.07, 6.45) is -0.0657. The van der Waals surface area contributed by atoms with Gasteiger partial charge in [0.2, 0.25) is 0 Å². The fourth-order valence-electron chi connectivity index (χ4n) is 3.23. The normalized spacial score (nSPS) is 14.4. The minimum absolute atomic E-state index is 0. The van der Waals surface area contributed by atoms with Gasteiger partial charge in [-0.15, -0.1) is 12.4 Å². The van der Waals surface area contributed by atoms with E-state index in [0.717, 1.165) is 24.2 Å². The molecule has 1 aliphatic rings. The Morgan fingerprint density at radius 2 is 2.00 bits per heavy atom. The number of halogens is 2. The number of aliphatic hydroxyl groups is 1. The topological polar surface area (TPSA) is 81.2 Å². The summed E-state index contributed by atoms with van der Waals surface area (Å²) < 4.78 is 13.1. The summed E-state index contributed by atoms with van der Waals surface area (Å²) >= 11 is 0. The highest BCUT2D eigenvalue weighted by Crippen LogP contribution is 2.21. The molecule has 2 aromatic rings. The molecule has 1 amide bonds. The Labute approximate surface area is 164 Å². The van der Waals surface area contributed by atoms with Gasteiger partial charge >= 0.3 is 0 Å². The Morgan fingerprint density at radius 1 is 1.30 bits per heavy atom. The van der Waals surface area contributed by atoms with Gasteiger partial charge < -0.3 is 15.3 Å². The van der Waals surface area contributed by atoms with E-state index in [9.17, 15) is 14.3 Å². The smallest absolute Gasteiger partial charge is 0.274 e. The van der Waals surface area contributed by atoms with Crippen LogP contribution in [0.3, 0.4) is 0 Å². The molecule has 27 heavy (non-hydrogen) atoms. The summed E-state index contributed by atoms with van der Waals surface area (Å²) in [5.41, 5.74) is 2.90. The van der Waals surface area contributed by atoms with E-state index < -0.39 is 6.10 Å². The summed E-state index contributed by atoms with van der Waals surface area (Å²) in [5, 5.41) is 21.0. The minimum Gasteiger partial charge on any atom is -0.387 e. The second-order valence-corrected chi connectivity index (χ2v) is 7.13. The number of nitrogens with one attached hydrogen (secondary N) is 2. The number of nitrogens with zero attached hydrogens (tertiary/aromatic N) is 2. The van der Waals surface area contributed by atoms with E-state index in [4.69, 9.17) is 0 Å². The van der Waals surface area contributed by atoms with Crippen molar-refractivity contribution in [2.45, 2.75) is 32.9 Å². The molecule has 0 spiro atoms. The molecule has 0 saturated carbocycles. The molecular weight excluding hydrogens is 371 g/mol. The van der Waals surface area contributed by atoms with Crippen LogP contribution in [-0.4, -0.2) is 45.7 Å². The van der Waals surface area contributed by atoms with Gasteiger partial charge in [0.25, 0.3) is 5.91 Å². The quantitative estimate of drug-likeness (QED) is 0.700. The zero-order valence-corrected chi connectivity index (χ0v) is 16.4. The molecule has 0 radical (unpaired) electrons. The fraction of sp³-hybridized carbons (Fsp3) is 0.474. The average Bonchev–Trinajstić information content (AvgIpc) is 3.04. The van der Waals surface area contributed by atoms with Gasteiger partial charge in [-0.3, -0.25) is 9.89 Å². The van der Waals surface area contributed by atoms with Crippen molar-refractivity contribution >= 4 is 18.3 Å². The molecule has 0 aliphatic carbocycles. The number of rotatable bonds is 6. The van der Waals surface area contributed by atoms with Crippen LogP contribution in [0.15, 0.2) is 24.3 Å². The number of benzene rings is 1. The average molecular weight is 397 g/mol. The number of aromatic amines is 1. The maximum absolute atomic E-state index is 13.1. The molecular formula is C19H26ClFN4O2. The van der Waals surface area contributed by atoms with Crippen LogP contribution >= 0.6 is 12.4 Å². The van der Waals surface area contributed by atoms with Crippen molar-refractivity contribution in [2.24, 2.45) is 5.92 Å². The zero-order chi connectivity index (χ0) is 18.7. The molecule has 6 nitrogen and oxygen atoms in total. The predicted molar refractivity (Wildman–Crippen MR) is 103 cm³/mol. The van der Waals surface area contributed by atoms with E-state index in [1.165, 1.54) is 12.1 Å². The lowest BCUT2D eigenvalue weighted by atomic mass is 10.0. The maximum Gasteiger partial charge on any atom is 0.274 e. The largest absolute Gasteiger partial charge is 0.387 e. The Bertz CT molecular complexity index is 764. The van der Waals surface area contributed by atoms with Crippen molar-refractivity contribution in [3.63, 3.8) is 0 Å². The number of H-pyrrole nitrogens is 1. The Kier molecular flexibility index (Phi) is 7.35. The number of hydrogen-bond donors (Lipinski definition) is 3. The molecule has 0 bridgehead atoms. The van der Waals surface area contributed by atoms with Crippen molar-refractivity contribution in [3.8, 4) is 0 Å². The van der Waals surface area contributed by atoms with Gasteiger partial charge in [0.05, 0.1) is 12.6 Å². The Morgan fingerprint density at radius 3 is 2.67 bits per heavy atom. The van der Waals surface area contributed by atoms with Gasteiger partial charge in [-0.1, -0.05) is 26.0 Å². The van der Waals surface area contributed by atoms with Crippen molar-refractivity contribution in [3.05, 3.63) is 52.6 Å². The molecule has 8 heteroatoms. The lowest BCUT2D eigenvalue weighted by Gasteiger charge is -2.27. The second kappa shape index (κ2) is 9.30. The molecule has 1 atom stereocenters. The molecule has 0 fully saturated rings. The molecule has 2 heterocycles. The number of carbonyl (C=O) groups is 1. The zero-order valence-electron chi connectivity index (χ0n) is 15.5. The third kappa shape index (κ3) is 5.06. The maximum atomic E-state index is 13.1. The van der Waals surface area contributed by atoms with Crippen LogP contribution in [0.4, 0.5) is 4.39 Å². The van der Waals surface area contributed by atoms with Crippen LogP contribution in [0.2, 0.25) is 0 Å². The summed E-state index contributed by atoms with van der Waals surface area (Å²) in [4.78, 5) is 14.7. The molecule has 1 aliphatic heterocycles. The highest BCUT2D eigenvalue weighted by molar-refractivity contribution is 5.94. The van der Waals surface area contributed by atoms with Crippen molar-refractivity contribution < 1.29 is 14.3 Å². The lowest BCUT2D eigenvalue weighted by molar-refractivity contribution is 0.0588. The van der Waals surface area contributed by atoms with E-state index in [1.807, 2.05) is 13.8 Å². The minimum atomic E-state index is -0.883. The van der Waals surface area contributed by atoms with Crippen LogP contribution in [0, 0.1) is 11.7 Å². The van der Waals surface area contributed by atoms with Gasteiger partial charge in [0.1, 0.15) is 5.82 Å². The first-order chi connectivity index (χ1) is 12.5. The molecule has 1 aromatic carbocycles. The number of aliphatic hydroxyl groups excluding tert-OH is 1. The van der Waals surface area contributed by atoms with Gasteiger partial charge in [0, 0.05) is 37.3 Å². The standard InChI is InChI=1S/C19H25FN4O2.ClH/c1-12(2)10-24(11-17(25)13-3-5-14(20)6-4-13)19(26)18-15-9-21-8-7-16(15)22-23-18;/h3-6,12,17,21,25H,7-11H2,1-2H3,(H,22,23);1H. The third-order valence-electron chi connectivity index (χ3n) is 4.53. The highest BCUT2D eigenvalue weighted by atomic mass is 35.5. The monoisotopic (exact) mass is 396 g/mol. The first-order valence-electron chi connectivity index (χ1n) is 8.95. The number of aromatic nitrogens is 2. The van der Waals surface area contributed by atoms with Gasteiger partial charge in [-0.05, 0) is 23.6 Å². The van der Waals surface area contributed by atoms with Crippen LogP contribution in [0.5, 0.6) is 0 Å². The first kappa shape index (κ1) is 21.3. The fourth-order valence-corrected chi connectivity index (χ4v) is 3.23. The summed E-state index contributed by atoms with van der Waals surface area (Å²) in [6, 6.07) is 5.70. The van der Waals surface area contributed by atoms with Crippen LogP contribution in [0.1, 0.15) is 47.3 Å². The van der Waals surface area contributed by atoms with Crippen LogP contribution in [0.25, 0.3) is 0 Å². The van der Waals surface area contributed by atoms with E-state index in [-0.39, 0.29) is 36.6 Å². The van der Waals surface area contributed by atoms with Crippen LogP contribution < -0.4 is 5.32 Å². The van der Waals surface area contributed by atoms with Gasteiger partial charge in [-0.25, -0.2) is 4.39 Å². The number of carbonyl (C=O) groups excluding carboxylic acids is 1. The summed E-state index contributed by atoms with van der Waals surface area (Å²) in [5.74, 6) is -0.306. The van der Waals surface area contributed by atoms with Gasteiger partial charge in [-0.2, -0.15) is 5.10 Å². The third-order valence-corrected chi connectivity index (χ3v) is 4.53. The second-order valence-electron chi connectivity index (χ2n) is 7.13. The molecule has 148 valence electrons. The predicted octanol–water partition coefficient (Wildman–Crippen LogP) is 2.45. The number of hydrogen-bond acceptors (Lipinski definition) is 4. The van der Waals surface area contributed by atoms with E-state index in [1.54, 1.807) is 17.0 Å². The Hall–Kier alpha value is -1.96. The summed E-state index contributed by atoms with van der Waals surface area (Å²) in [7, 11) is 0. The lowest BCUT2D eigenvalue weighted by Crippen LogP contribution is -2.38. The molecule has 1 unspecified atom stereocenters. The van der Waals surface area contributed by atoms with E-state index in [0.29, 0.717) is 24.3 Å². The van der Waals surface area contributed by atoms with E-state index in [2.05, 4.69) is 15.5 Å². The molecule has 0 saturated heterocycles. The van der Waals surface area contributed by atoms with Crippen molar-refractivity contribution in [2.75, 3.05) is 19.6 Å². The summed E-state index contributed by atoms with van der Waals surface area (Å²) in [6.45, 7) is 6.16. The highest BCUT2D eigenvalue weighted by Gasteiger charge is 2.27. The first-order valence-corrected chi connectivity index (χ1v) is 8.95. The number of fused-ring (bicyclic) bond motifs is 1. The molecule has 1 aromatic heterocycles. The number of amides is 1. The van der Waals surface area contributed by atoms with Gasteiger partial charge in [0.15, 0.2) is 5.69 Å². The SMILES string of the molecule is CC(C)CN(CC(O)c1ccc(F)cc1)C(=O)c1n[nH]c2c1CNCC2.Cl.